The van der Waals surface area contributed by atoms with Gasteiger partial charge in [0, 0.05) is 12.6 Å². The number of hydrogen-bond acceptors (Lipinski definition) is 2. The predicted molar refractivity (Wildman–Crippen MR) is 40.0 cm³/mol. The van der Waals surface area contributed by atoms with Crippen LogP contribution in [0.25, 0.3) is 0 Å². The largest absolute Gasteiger partial charge is 0.377 e. The second-order valence-electron chi connectivity index (χ2n) is 3.25. The van der Waals surface area contributed by atoms with E-state index in [1.165, 1.54) is 32.2 Å². The van der Waals surface area contributed by atoms with Crippen LogP contribution in [0.2, 0.25) is 0 Å². The summed E-state index contributed by atoms with van der Waals surface area (Å²) in [5, 5.41) is 3.47. The molecule has 1 N–H and O–H groups in total. The Balaban J connectivity index is 1.85. The molecule has 2 aliphatic rings. The molecule has 2 nitrogen and oxygen atoms in total. The molecule has 2 atom stereocenters. The van der Waals surface area contributed by atoms with Crippen LogP contribution >= 0.6 is 0 Å². The van der Waals surface area contributed by atoms with Crippen LogP contribution in [0.1, 0.15) is 25.7 Å². The highest BCUT2D eigenvalue weighted by Gasteiger charge is 2.27. The van der Waals surface area contributed by atoms with E-state index in [0.717, 1.165) is 6.61 Å². The Labute approximate surface area is 61.9 Å². The van der Waals surface area contributed by atoms with Crippen LogP contribution in [0.3, 0.4) is 0 Å². The molecule has 0 saturated carbocycles. The lowest BCUT2D eigenvalue weighted by Crippen LogP contribution is -2.33. The highest BCUT2D eigenvalue weighted by molar-refractivity contribution is 4.84. The van der Waals surface area contributed by atoms with Crippen molar-refractivity contribution < 1.29 is 4.74 Å². The van der Waals surface area contributed by atoms with Crippen LogP contribution < -0.4 is 5.32 Å². The van der Waals surface area contributed by atoms with Gasteiger partial charge in [0.15, 0.2) is 0 Å². The fourth-order valence-corrected chi connectivity index (χ4v) is 1.95. The molecule has 0 unspecified atom stereocenters. The second kappa shape index (κ2) is 2.89. The topological polar surface area (TPSA) is 21.3 Å². The van der Waals surface area contributed by atoms with Gasteiger partial charge in [-0.2, -0.15) is 0 Å². The number of nitrogens with one attached hydrogen (secondary N) is 1. The molecular formula is C8H15NO. The van der Waals surface area contributed by atoms with Gasteiger partial charge in [-0.15, -0.1) is 0 Å². The second-order valence-corrected chi connectivity index (χ2v) is 3.25. The van der Waals surface area contributed by atoms with E-state index in [9.17, 15) is 0 Å². The molecule has 58 valence electrons. The van der Waals surface area contributed by atoms with Gasteiger partial charge < -0.3 is 10.1 Å². The molecule has 2 heterocycles. The molecule has 0 aromatic carbocycles. The Morgan fingerprint density at radius 1 is 1.20 bits per heavy atom. The minimum Gasteiger partial charge on any atom is -0.377 e. The van der Waals surface area contributed by atoms with E-state index in [-0.39, 0.29) is 0 Å². The van der Waals surface area contributed by atoms with Crippen LogP contribution in [0.5, 0.6) is 0 Å². The zero-order chi connectivity index (χ0) is 6.81. The lowest BCUT2D eigenvalue weighted by atomic mass is 10.1. The van der Waals surface area contributed by atoms with Crippen LogP contribution in [0.4, 0.5) is 0 Å². The van der Waals surface area contributed by atoms with Crippen molar-refractivity contribution in [3.8, 4) is 0 Å². The van der Waals surface area contributed by atoms with Crippen LogP contribution in [0, 0.1) is 0 Å². The van der Waals surface area contributed by atoms with E-state index in [0.29, 0.717) is 12.1 Å². The van der Waals surface area contributed by atoms with Gasteiger partial charge in [0.05, 0.1) is 6.10 Å². The molecule has 10 heavy (non-hydrogen) atoms. The van der Waals surface area contributed by atoms with Crippen molar-refractivity contribution in [3.63, 3.8) is 0 Å². The molecule has 0 aromatic rings. The van der Waals surface area contributed by atoms with Crippen molar-refractivity contribution in [2.75, 3.05) is 13.2 Å². The molecule has 2 aliphatic heterocycles. The number of rotatable bonds is 1. The first-order valence-electron chi connectivity index (χ1n) is 4.32. The van der Waals surface area contributed by atoms with Crippen LogP contribution in [-0.2, 0) is 4.74 Å². The summed E-state index contributed by atoms with van der Waals surface area (Å²) in [6.45, 7) is 2.19. The SMILES string of the molecule is C1CN[C@H]([C@@H]2CCCO2)C1. The fraction of sp³-hybridized carbons (Fsp3) is 1.00. The summed E-state index contributed by atoms with van der Waals surface area (Å²) in [6.07, 6.45) is 5.75. The molecule has 0 spiro atoms. The van der Waals surface area contributed by atoms with Gasteiger partial charge in [-0.3, -0.25) is 0 Å². The molecule has 2 fully saturated rings. The van der Waals surface area contributed by atoms with Crippen molar-refractivity contribution in [2.45, 2.75) is 37.8 Å². The highest BCUT2D eigenvalue weighted by Crippen LogP contribution is 2.20. The molecule has 0 bridgehead atoms. The van der Waals surface area contributed by atoms with E-state index in [4.69, 9.17) is 4.74 Å². The van der Waals surface area contributed by atoms with E-state index in [1.54, 1.807) is 0 Å². The van der Waals surface area contributed by atoms with Crippen molar-refractivity contribution in [2.24, 2.45) is 0 Å². The summed E-state index contributed by atoms with van der Waals surface area (Å²) >= 11 is 0. The lowest BCUT2D eigenvalue weighted by molar-refractivity contribution is 0.0843. The van der Waals surface area contributed by atoms with Gasteiger partial charge in [0.2, 0.25) is 0 Å². The minimum absolute atomic E-state index is 0.544. The molecule has 0 radical (unpaired) electrons. The van der Waals surface area contributed by atoms with Gasteiger partial charge in [0.25, 0.3) is 0 Å². The average Bonchev–Trinajstić information content (AvgIpc) is 2.59. The van der Waals surface area contributed by atoms with Crippen LogP contribution in [-0.4, -0.2) is 25.3 Å². The summed E-state index contributed by atoms with van der Waals surface area (Å²) in [7, 11) is 0. The van der Waals surface area contributed by atoms with Crippen molar-refractivity contribution in [3.05, 3.63) is 0 Å². The smallest absolute Gasteiger partial charge is 0.0728 e. The van der Waals surface area contributed by atoms with Crippen molar-refractivity contribution in [1.82, 2.24) is 5.32 Å². The molecule has 2 heteroatoms. The normalized spacial score (nSPS) is 40.8. The Morgan fingerprint density at radius 3 is 2.80 bits per heavy atom. The molecule has 2 rings (SSSR count). The zero-order valence-corrected chi connectivity index (χ0v) is 6.31. The van der Waals surface area contributed by atoms with E-state index in [1.807, 2.05) is 0 Å². The molecular weight excluding hydrogens is 126 g/mol. The Morgan fingerprint density at radius 2 is 2.20 bits per heavy atom. The maximum atomic E-state index is 5.57. The lowest BCUT2D eigenvalue weighted by Gasteiger charge is -2.16. The number of hydrogen-bond donors (Lipinski definition) is 1. The van der Waals surface area contributed by atoms with Gasteiger partial charge in [-0.1, -0.05) is 0 Å². The molecule has 0 aliphatic carbocycles. The third-order valence-electron chi connectivity index (χ3n) is 2.51. The summed E-state index contributed by atoms with van der Waals surface area (Å²) in [6, 6.07) is 0.683. The van der Waals surface area contributed by atoms with E-state index in [2.05, 4.69) is 5.32 Å². The van der Waals surface area contributed by atoms with Crippen molar-refractivity contribution in [1.29, 1.82) is 0 Å². The maximum Gasteiger partial charge on any atom is 0.0728 e. The van der Waals surface area contributed by atoms with Crippen LogP contribution in [0.15, 0.2) is 0 Å². The molecule has 0 amide bonds. The minimum atomic E-state index is 0.544. The van der Waals surface area contributed by atoms with E-state index < -0.39 is 0 Å². The zero-order valence-electron chi connectivity index (χ0n) is 6.31. The Bertz CT molecular complexity index is 89.8. The van der Waals surface area contributed by atoms with E-state index >= 15 is 0 Å². The highest BCUT2D eigenvalue weighted by atomic mass is 16.5. The molecule has 0 aromatic heterocycles. The molecule has 2 saturated heterocycles. The summed E-state index contributed by atoms with van der Waals surface area (Å²) in [4.78, 5) is 0. The van der Waals surface area contributed by atoms with Gasteiger partial charge in [0.1, 0.15) is 0 Å². The predicted octanol–water partition coefficient (Wildman–Crippen LogP) is 0.917. The third-order valence-corrected chi connectivity index (χ3v) is 2.51. The van der Waals surface area contributed by atoms with Gasteiger partial charge in [-0.25, -0.2) is 0 Å². The summed E-state index contributed by atoms with van der Waals surface area (Å²) in [5.74, 6) is 0. The monoisotopic (exact) mass is 141 g/mol. The van der Waals surface area contributed by atoms with Crippen molar-refractivity contribution >= 4 is 0 Å². The Hall–Kier alpha value is -0.0800. The third kappa shape index (κ3) is 1.18. The standard InChI is InChI=1S/C8H15NO/c1-3-7(9-5-1)8-4-2-6-10-8/h7-9H,1-6H2/t7-,8-/m0/s1. The Kier molecular flexibility index (Phi) is 1.91. The first kappa shape index (κ1) is 6.62. The number of ether oxygens (including phenoxy) is 1. The summed E-state index contributed by atoms with van der Waals surface area (Å²) in [5.41, 5.74) is 0. The fourth-order valence-electron chi connectivity index (χ4n) is 1.95. The first-order chi connectivity index (χ1) is 4.97. The first-order valence-corrected chi connectivity index (χ1v) is 4.32. The quantitative estimate of drug-likeness (QED) is 0.586. The average molecular weight is 141 g/mol. The maximum absolute atomic E-state index is 5.57. The van der Waals surface area contributed by atoms with Gasteiger partial charge >= 0.3 is 0 Å². The summed E-state index contributed by atoms with van der Waals surface area (Å²) < 4.78 is 5.57. The van der Waals surface area contributed by atoms with Gasteiger partial charge in [-0.05, 0) is 32.2 Å².